The Kier molecular flexibility index (Phi) is 5.14. The van der Waals surface area contributed by atoms with Crippen LogP contribution < -0.4 is 11.1 Å². The number of nitrogen functional groups attached to an aromatic ring is 1. The van der Waals surface area contributed by atoms with Crippen LogP contribution in [0.15, 0.2) is 18.2 Å². The van der Waals surface area contributed by atoms with Crippen LogP contribution in [0.5, 0.6) is 0 Å². The number of nitrogens with two attached hydrogens (primary N) is 1. The second-order valence-corrected chi connectivity index (χ2v) is 5.56. The van der Waals surface area contributed by atoms with E-state index in [0.29, 0.717) is 18.3 Å². The minimum atomic E-state index is -0.407. The smallest absolute Gasteiger partial charge is 0.238 e. The maximum Gasteiger partial charge on any atom is 0.238 e. The van der Waals surface area contributed by atoms with Gasteiger partial charge in [-0.15, -0.1) is 0 Å². The van der Waals surface area contributed by atoms with E-state index in [2.05, 4.69) is 29.1 Å². The Morgan fingerprint density at radius 1 is 1.48 bits per heavy atom. The quantitative estimate of drug-likeness (QED) is 0.824. The van der Waals surface area contributed by atoms with Crippen LogP contribution in [-0.4, -0.2) is 55.0 Å². The second kappa shape index (κ2) is 6.87. The largest absolute Gasteiger partial charge is 0.397 e. The average Bonchev–Trinajstić information content (AvgIpc) is 2.44. The molecule has 5 nitrogen and oxygen atoms in total. The number of amides is 1. The van der Waals surface area contributed by atoms with Crippen molar-refractivity contribution in [2.75, 3.05) is 44.3 Å². The zero-order valence-electron chi connectivity index (χ0n) is 12.6. The van der Waals surface area contributed by atoms with E-state index in [-0.39, 0.29) is 11.6 Å². The van der Waals surface area contributed by atoms with Crippen molar-refractivity contribution in [3.8, 4) is 0 Å². The number of halogens is 1. The third kappa shape index (κ3) is 4.15. The molecule has 0 bridgehead atoms. The highest BCUT2D eigenvalue weighted by Crippen LogP contribution is 2.19. The summed E-state index contributed by atoms with van der Waals surface area (Å²) in [6.45, 7) is 5.22. The van der Waals surface area contributed by atoms with Crippen LogP contribution in [-0.2, 0) is 4.79 Å². The van der Waals surface area contributed by atoms with Crippen molar-refractivity contribution >= 4 is 17.3 Å². The molecule has 0 radical (unpaired) electrons. The van der Waals surface area contributed by atoms with Gasteiger partial charge < -0.3 is 16.0 Å². The molecule has 3 N–H and O–H groups in total. The van der Waals surface area contributed by atoms with Crippen LogP contribution >= 0.6 is 0 Å². The number of nitrogens with one attached hydrogen (secondary N) is 1. The highest BCUT2D eigenvalue weighted by atomic mass is 19.1. The van der Waals surface area contributed by atoms with Crippen molar-refractivity contribution in [2.45, 2.75) is 19.4 Å². The summed E-state index contributed by atoms with van der Waals surface area (Å²) in [5, 5.41) is 2.74. The first-order valence-electron chi connectivity index (χ1n) is 7.27. The van der Waals surface area contributed by atoms with E-state index in [9.17, 15) is 9.18 Å². The number of nitrogens with zero attached hydrogens (tertiary/aromatic N) is 2. The Bertz CT molecular complexity index is 508. The monoisotopic (exact) mass is 294 g/mol. The van der Waals surface area contributed by atoms with E-state index in [0.717, 1.165) is 26.1 Å². The predicted molar refractivity (Wildman–Crippen MR) is 82.6 cm³/mol. The fourth-order valence-corrected chi connectivity index (χ4v) is 2.64. The van der Waals surface area contributed by atoms with Crippen LogP contribution in [0.3, 0.4) is 0 Å². The zero-order valence-corrected chi connectivity index (χ0v) is 12.6. The minimum absolute atomic E-state index is 0.118. The van der Waals surface area contributed by atoms with Crippen molar-refractivity contribution in [2.24, 2.45) is 0 Å². The van der Waals surface area contributed by atoms with Gasteiger partial charge in [0, 0.05) is 25.7 Å². The summed E-state index contributed by atoms with van der Waals surface area (Å²) in [6, 6.07) is 4.47. The van der Waals surface area contributed by atoms with E-state index in [1.807, 2.05) is 0 Å². The van der Waals surface area contributed by atoms with Crippen LogP contribution in [0.1, 0.15) is 13.3 Å². The summed E-state index contributed by atoms with van der Waals surface area (Å²) in [5.41, 5.74) is 6.39. The van der Waals surface area contributed by atoms with Crippen molar-refractivity contribution in [3.63, 3.8) is 0 Å². The van der Waals surface area contributed by atoms with Gasteiger partial charge in [-0.2, -0.15) is 0 Å². The number of rotatable bonds is 4. The molecule has 1 aliphatic rings. The third-order valence-corrected chi connectivity index (χ3v) is 3.99. The molecule has 1 aliphatic heterocycles. The van der Waals surface area contributed by atoms with E-state index < -0.39 is 5.82 Å². The number of carbonyl (C=O) groups is 1. The molecule has 1 fully saturated rings. The first-order valence-corrected chi connectivity index (χ1v) is 7.27. The Labute approximate surface area is 124 Å². The van der Waals surface area contributed by atoms with Gasteiger partial charge in [0.1, 0.15) is 5.82 Å². The Hall–Kier alpha value is -1.66. The summed E-state index contributed by atoms with van der Waals surface area (Å²) < 4.78 is 13.0. The fraction of sp³-hybridized carbons (Fsp3) is 0.533. The second-order valence-electron chi connectivity index (χ2n) is 5.56. The molecule has 0 aliphatic carbocycles. The van der Waals surface area contributed by atoms with Gasteiger partial charge in [0.15, 0.2) is 0 Å². The van der Waals surface area contributed by atoms with Crippen LogP contribution in [0, 0.1) is 5.82 Å². The molecule has 116 valence electrons. The minimum Gasteiger partial charge on any atom is -0.397 e. The van der Waals surface area contributed by atoms with Crippen molar-refractivity contribution in [3.05, 3.63) is 24.0 Å². The number of benzene rings is 1. The van der Waals surface area contributed by atoms with E-state index in [1.165, 1.54) is 18.2 Å². The molecule has 2 rings (SSSR count). The third-order valence-electron chi connectivity index (χ3n) is 3.99. The molecule has 6 heteroatoms. The summed E-state index contributed by atoms with van der Waals surface area (Å²) >= 11 is 0. The standard InChI is InChI=1S/C15H23FN4O/c1-3-12-9-20(7-6-19(12)2)10-15(21)18-14-5-4-11(16)8-13(14)17/h4-5,8,12H,3,6-7,9-10,17H2,1-2H3,(H,18,21). The molecule has 1 unspecified atom stereocenters. The van der Waals surface area contributed by atoms with Crippen molar-refractivity contribution in [1.29, 1.82) is 0 Å². The van der Waals surface area contributed by atoms with Crippen LogP contribution in [0.2, 0.25) is 0 Å². The molecule has 1 atom stereocenters. The maximum atomic E-state index is 13.0. The first kappa shape index (κ1) is 15.7. The Balaban J connectivity index is 1.90. The zero-order chi connectivity index (χ0) is 15.4. The molecule has 0 saturated carbocycles. The topological polar surface area (TPSA) is 61.6 Å². The van der Waals surface area contributed by atoms with Crippen molar-refractivity contribution < 1.29 is 9.18 Å². The Morgan fingerprint density at radius 3 is 2.90 bits per heavy atom. The molecule has 1 aromatic carbocycles. The molecular weight excluding hydrogens is 271 g/mol. The predicted octanol–water partition coefficient (Wildman–Crippen LogP) is 1.37. The molecule has 1 aromatic rings. The lowest BCUT2D eigenvalue weighted by molar-refractivity contribution is -0.118. The highest BCUT2D eigenvalue weighted by molar-refractivity contribution is 5.95. The first-order chi connectivity index (χ1) is 9.99. The normalized spacial score (nSPS) is 20.4. The summed E-state index contributed by atoms with van der Waals surface area (Å²) in [5.74, 6) is -0.525. The molecule has 0 aromatic heterocycles. The van der Waals surface area contributed by atoms with Crippen LogP contribution in [0.25, 0.3) is 0 Å². The number of anilines is 2. The highest BCUT2D eigenvalue weighted by Gasteiger charge is 2.24. The van der Waals surface area contributed by atoms with Gasteiger partial charge in [-0.25, -0.2) is 4.39 Å². The number of hydrogen-bond donors (Lipinski definition) is 2. The lowest BCUT2D eigenvalue weighted by Gasteiger charge is -2.38. The Morgan fingerprint density at radius 2 is 2.24 bits per heavy atom. The molecule has 1 amide bonds. The van der Waals surface area contributed by atoms with Crippen LogP contribution in [0.4, 0.5) is 15.8 Å². The van der Waals surface area contributed by atoms with Gasteiger partial charge in [-0.3, -0.25) is 9.69 Å². The van der Waals surface area contributed by atoms with Gasteiger partial charge in [0.2, 0.25) is 5.91 Å². The molecule has 0 spiro atoms. The lowest BCUT2D eigenvalue weighted by atomic mass is 10.1. The number of piperazine rings is 1. The SMILES string of the molecule is CCC1CN(CC(=O)Nc2ccc(F)cc2N)CCN1C. The van der Waals surface area contributed by atoms with E-state index in [4.69, 9.17) is 5.73 Å². The van der Waals surface area contributed by atoms with E-state index >= 15 is 0 Å². The van der Waals surface area contributed by atoms with Gasteiger partial charge >= 0.3 is 0 Å². The maximum absolute atomic E-state index is 13.0. The van der Waals surface area contributed by atoms with Gasteiger partial charge in [-0.1, -0.05) is 6.92 Å². The van der Waals surface area contributed by atoms with Gasteiger partial charge in [0.25, 0.3) is 0 Å². The molecular formula is C15H23FN4O. The fourth-order valence-electron chi connectivity index (χ4n) is 2.64. The van der Waals surface area contributed by atoms with Gasteiger partial charge in [0.05, 0.1) is 17.9 Å². The van der Waals surface area contributed by atoms with Gasteiger partial charge in [-0.05, 0) is 31.7 Å². The summed E-state index contributed by atoms with van der Waals surface area (Å²) in [7, 11) is 2.12. The number of carbonyl (C=O) groups excluding carboxylic acids is 1. The van der Waals surface area contributed by atoms with Crippen molar-refractivity contribution in [1.82, 2.24) is 9.80 Å². The summed E-state index contributed by atoms with van der Waals surface area (Å²) in [4.78, 5) is 16.5. The molecule has 21 heavy (non-hydrogen) atoms. The molecule has 1 saturated heterocycles. The number of hydrogen-bond acceptors (Lipinski definition) is 4. The summed E-state index contributed by atoms with van der Waals surface area (Å²) in [6.07, 6.45) is 1.07. The number of likely N-dealkylation sites (N-methyl/N-ethyl adjacent to an activating group) is 1. The molecule has 1 heterocycles. The average molecular weight is 294 g/mol. The van der Waals surface area contributed by atoms with E-state index in [1.54, 1.807) is 0 Å². The lowest BCUT2D eigenvalue weighted by Crippen LogP contribution is -2.52.